The lowest BCUT2D eigenvalue weighted by atomic mass is 10.3. The Morgan fingerprint density at radius 1 is 1.33 bits per heavy atom. The van der Waals surface area contributed by atoms with Crippen molar-refractivity contribution in [3.63, 3.8) is 0 Å². The van der Waals surface area contributed by atoms with Gasteiger partial charge in [-0.05, 0) is 25.0 Å². The van der Waals surface area contributed by atoms with Gasteiger partial charge < -0.3 is 4.42 Å². The number of thioether (sulfide) groups is 1. The number of hydrogen-bond donors (Lipinski definition) is 1. The summed E-state index contributed by atoms with van der Waals surface area (Å²) in [5.41, 5.74) is 2.87. The van der Waals surface area contributed by atoms with E-state index >= 15 is 0 Å². The maximum Gasteiger partial charge on any atom is 0.284 e. The zero-order valence-corrected chi connectivity index (χ0v) is 10.8. The molecule has 18 heavy (non-hydrogen) atoms. The van der Waals surface area contributed by atoms with Crippen LogP contribution in [0.1, 0.15) is 37.2 Å². The molecule has 1 aromatic heterocycles. The molecular weight excluding hydrogens is 260 g/mol. The third kappa shape index (κ3) is 4.59. The van der Waals surface area contributed by atoms with Crippen molar-refractivity contribution in [2.75, 3.05) is 0 Å². The lowest BCUT2D eigenvalue weighted by molar-refractivity contribution is -0.0268. The number of nitrogens with one attached hydrogen (secondary N) is 1. The van der Waals surface area contributed by atoms with Crippen molar-refractivity contribution < 1.29 is 18.0 Å². The van der Waals surface area contributed by atoms with Gasteiger partial charge >= 0.3 is 0 Å². The lowest BCUT2D eigenvalue weighted by Crippen LogP contribution is -2.21. The predicted octanol–water partition coefficient (Wildman–Crippen LogP) is 3.70. The molecule has 1 aliphatic carbocycles. The van der Waals surface area contributed by atoms with E-state index in [4.69, 9.17) is 9.25 Å². The summed E-state index contributed by atoms with van der Waals surface area (Å²) in [5.74, 6) is -0.889. The second kappa shape index (κ2) is 7.11. The molecule has 0 aliphatic heterocycles. The maximum atomic E-state index is 12.0. The highest BCUT2D eigenvalue weighted by Gasteiger charge is 2.15. The molecule has 0 aromatic carbocycles. The minimum Gasteiger partial charge on any atom is -0.464 e. The number of hydrogen-bond acceptors (Lipinski definition) is 4. The van der Waals surface area contributed by atoms with Crippen LogP contribution < -0.4 is 5.48 Å². The van der Waals surface area contributed by atoms with E-state index in [1.165, 1.54) is 12.8 Å². The standard InChI is InChI=1S/C12H17F2NO2S/c13-12(14)18-8-11-6-5-10(16-11)7-15-17-9-3-1-2-4-9/h5-6,9,12,15H,1-4,7-8H2. The fraction of sp³-hybridized carbons (Fsp3) is 0.667. The second-order valence-corrected chi connectivity index (χ2v) is 5.26. The molecule has 1 fully saturated rings. The molecule has 0 radical (unpaired) electrons. The Labute approximate surface area is 109 Å². The zero-order chi connectivity index (χ0) is 12.8. The SMILES string of the molecule is FC(F)SCc1ccc(CNOC2CCCC2)o1. The monoisotopic (exact) mass is 277 g/mol. The first kappa shape index (κ1) is 13.8. The van der Waals surface area contributed by atoms with Crippen molar-refractivity contribution >= 4 is 11.8 Å². The van der Waals surface area contributed by atoms with E-state index in [0.717, 1.165) is 12.8 Å². The van der Waals surface area contributed by atoms with Gasteiger partial charge in [-0.1, -0.05) is 24.6 Å². The third-order valence-corrected chi connectivity index (χ3v) is 3.57. The molecule has 0 spiro atoms. The fourth-order valence-corrected chi connectivity index (χ4v) is 2.42. The summed E-state index contributed by atoms with van der Waals surface area (Å²) in [6.45, 7) is 0.468. The van der Waals surface area contributed by atoms with Crippen LogP contribution in [0.15, 0.2) is 16.5 Å². The maximum absolute atomic E-state index is 12.0. The second-order valence-electron chi connectivity index (χ2n) is 4.29. The Bertz CT molecular complexity index is 354. The Morgan fingerprint density at radius 2 is 2.06 bits per heavy atom. The summed E-state index contributed by atoms with van der Waals surface area (Å²) in [5, 5.41) is 0. The van der Waals surface area contributed by atoms with E-state index in [1.54, 1.807) is 12.1 Å². The Hall–Kier alpha value is -0.590. The Balaban J connectivity index is 1.66. The molecule has 1 heterocycles. The number of rotatable bonds is 7. The van der Waals surface area contributed by atoms with E-state index in [2.05, 4.69) is 5.48 Å². The topological polar surface area (TPSA) is 34.4 Å². The molecule has 6 heteroatoms. The van der Waals surface area contributed by atoms with Gasteiger partial charge in [0.2, 0.25) is 0 Å². The minimum atomic E-state index is -2.36. The summed E-state index contributed by atoms with van der Waals surface area (Å²) >= 11 is 0.563. The van der Waals surface area contributed by atoms with Gasteiger partial charge in [-0.2, -0.15) is 14.3 Å². The van der Waals surface area contributed by atoms with Crippen LogP contribution in [0.3, 0.4) is 0 Å². The predicted molar refractivity (Wildman–Crippen MR) is 66.2 cm³/mol. The summed E-state index contributed by atoms with van der Waals surface area (Å²) in [4.78, 5) is 5.48. The molecule has 1 aromatic rings. The van der Waals surface area contributed by atoms with Crippen molar-refractivity contribution in [3.05, 3.63) is 23.7 Å². The molecule has 2 rings (SSSR count). The first-order valence-corrected chi connectivity index (χ1v) is 7.15. The highest BCUT2D eigenvalue weighted by molar-refractivity contribution is 7.98. The van der Waals surface area contributed by atoms with Gasteiger partial charge in [-0.15, -0.1) is 0 Å². The van der Waals surface area contributed by atoms with E-state index in [0.29, 0.717) is 35.9 Å². The molecule has 3 nitrogen and oxygen atoms in total. The number of alkyl halides is 2. The van der Waals surface area contributed by atoms with E-state index in [9.17, 15) is 8.78 Å². The van der Waals surface area contributed by atoms with Gasteiger partial charge in [0.15, 0.2) is 0 Å². The van der Waals surface area contributed by atoms with Crippen LogP contribution in [0.2, 0.25) is 0 Å². The number of halogens is 2. The Morgan fingerprint density at radius 3 is 2.78 bits per heavy atom. The molecule has 102 valence electrons. The summed E-state index contributed by atoms with van der Waals surface area (Å²) in [6, 6.07) is 3.51. The summed E-state index contributed by atoms with van der Waals surface area (Å²) in [6.07, 6.45) is 4.95. The quantitative estimate of drug-likeness (QED) is 0.771. The first-order chi connectivity index (χ1) is 8.74. The van der Waals surface area contributed by atoms with Gasteiger partial charge in [-0.25, -0.2) is 0 Å². The highest BCUT2D eigenvalue weighted by Crippen LogP contribution is 2.22. The molecule has 0 amide bonds. The number of furan rings is 1. The summed E-state index contributed by atoms with van der Waals surface area (Å²) in [7, 11) is 0. The van der Waals surface area contributed by atoms with Crippen LogP contribution in [0, 0.1) is 0 Å². The van der Waals surface area contributed by atoms with Gasteiger partial charge in [0.05, 0.1) is 18.4 Å². The van der Waals surface area contributed by atoms with Gasteiger partial charge in [0.1, 0.15) is 11.5 Å². The van der Waals surface area contributed by atoms with Crippen LogP contribution in [0.5, 0.6) is 0 Å². The van der Waals surface area contributed by atoms with Crippen LogP contribution in [0.4, 0.5) is 8.78 Å². The average Bonchev–Trinajstić information content (AvgIpc) is 2.97. The summed E-state index contributed by atoms with van der Waals surface area (Å²) < 4.78 is 29.4. The molecule has 0 atom stereocenters. The molecule has 1 N–H and O–H groups in total. The average molecular weight is 277 g/mol. The van der Waals surface area contributed by atoms with Crippen molar-refractivity contribution in [2.24, 2.45) is 0 Å². The molecule has 1 saturated carbocycles. The minimum absolute atomic E-state index is 0.196. The van der Waals surface area contributed by atoms with Crippen LogP contribution >= 0.6 is 11.8 Å². The van der Waals surface area contributed by atoms with Crippen LogP contribution in [0.25, 0.3) is 0 Å². The van der Waals surface area contributed by atoms with E-state index in [1.807, 2.05) is 0 Å². The lowest BCUT2D eigenvalue weighted by Gasteiger charge is -2.10. The van der Waals surface area contributed by atoms with Crippen molar-refractivity contribution in [1.82, 2.24) is 5.48 Å². The zero-order valence-electron chi connectivity index (χ0n) is 10.0. The number of hydroxylamine groups is 1. The van der Waals surface area contributed by atoms with Gasteiger partial charge in [0.25, 0.3) is 5.76 Å². The molecular formula is C12H17F2NO2S. The molecule has 0 bridgehead atoms. The van der Waals surface area contributed by atoms with Crippen molar-refractivity contribution in [3.8, 4) is 0 Å². The first-order valence-electron chi connectivity index (χ1n) is 6.10. The smallest absolute Gasteiger partial charge is 0.284 e. The third-order valence-electron chi connectivity index (χ3n) is 2.87. The molecule has 0 saturated heterocycles. The molecule has 1 aliphatic rings. The van der Waals surface area contributed by atoms with Crippen molar-refractivity contribution in [1.29, 1.82) is 0 Å². The van der Waals surface area contributed by atoms with E-state index in [-0.39, 0.29) is 5.75 Å². The van der Waals surface area contributed by atoms with Crippen LogP contribution in [-0.4, -0.2) is 11.9 Å². The Kier molecular flexibility index (Phi) is 5.46. The van der Waals surface area contributed by atoms with E-state index < -0.39 is 5.76 Å². The van der Waals surface area contributed by atoms with Crippen molar-refractivity contribution in [2.45, 2.75) is 49.8 Å². The van der Waals surface area contributed by atoms with Crippen LogP contribution in [-0.2, 0) is 17.1 Å². The highest BCUT2D eigenvalue weighted by atomic mass is 32.2. The van der Waals surface area contributed by atoms with Gasteiger partial charge in [-0.3, -0.25) is 4.84 Å². The largest absolute Gasteiger partial charge is 0.464 e. The fourth-order valence-electron chi connectivity index (χ4n) is 1.98. The normalized spacial score (nSPS) is 16.8. The molecule has 0 unspecified atom stereocenters. The van der Waals surface area contributed by atoms with Gasteiger partial charge in [0, 0.05) is 0 Å².